The van der Waals surface area contributed by atoms with Crippen LogP contribution in [0.3, 0.4) is 0 Å². The van der Waals surface area contributed by atoms with Crippen molar-refractivity contribution in [1.82, 2.24) is 5.32 Å². The number of nitrogens with one attached hydrogen (secondary N) is 1. The second-order valence-corrected chi connectivity index (χ2v) is 4.23. The minimum Gasteiger partial charge on any atom is -0.493 e. The van der Waals surface area contributed by atoms with Crippen molar-refractivity contribution in [2.45, 2.75) is 32.4 Å². The smallest absolute Gasteiger partial charge is 0.122 e. The van der Waals surface area contributed by atoms with Gasteiger partial charge >= 0.3 is 0 Å². The summed E-state index contributed by atoms with van der Waals surface area (Å²) in [5.74, 6) is 3.70. The molecule has 0 aromatic heterocycles. The Morgan fingerprint density at radius 3 is 3.25 bits per heavy atom. The van der Waals surface area contributed by atoms with Gasteiger partial charge in [0.2, 0.25) is 0 Å². The van der Waals surface area contributed by atoms with Gasteiger partial charge in [-0.2, -0.15) is 0 Å². The summed E-state index contributed by atoms with van der Waals surface area (Å²) in [5, 5.41) is 3.41. The Morgan fingerprint density at radius 2 is 2.44 bits per heavy atom. The predicted molar refractivity (Wildman–Crippen MR) is 65.4 cm³/mol. The monoisotopic (exact) mass is 215 g/mol. The Labute approximate surface area is 97.0 Å². The summed E-state index contributed by atoms with van der Waals surface area (Å²) in [5.41, 5.74) is 2.62. The highest BCUT2D eigenvalue weighted by Gasteiger charge is 2.11. The van der Waals surface area contributed by atoms with Crippen molar-refractivity contribution in [1.29, 1.82) is 0 Å². The van der Waals surface area contributed by atoms with Crippen molar-refractivity contribution in [3.8, 4) is 18.1 Å². The van der Waals surface area contributed by atoms with Crippen LogP contribution in [0.15, 0.2) is 18.2 Å². The topological polar surface area (TPSA) is 21.3 Å². The molecule has 84 valence electrons. The average Bonchev–Trinajstić information content (AvgIpc) is 2.74. The van der Waals surface area contributed by atoms with Gasteiger partial charge in [0.1, 0.15) is 5.75 Å². The van der Waals surface area contributed by atoms with Gasteiger partial charge in [-0.15, -0.1) is 12.3 Å². The Hall–Kier alpha value is -1.46. The molecular weight excluding hydrogens is 198 g/mol. The van der Waals surface area contributed by atoms with Crippen molar-refractivity contribution < 1.29 is 4.74 Å². The first-order valence-electron chi connectivity index (χ1n) is 5.71. The standard InChI is InChI=1S/C14H17NO/c1-3-4-11(2)15-10-12-5-6-14-13(9-12)7-8-16-14/h1,5-6,9,11,15H,4,7-8,10H2,2H3. The maximum Gasteiger partial charge on any atom is 0.122 e. The molecule has 2 rings (SSSR count). The van der Waals surface area contributed by atoms with Crippen LogP contribution in [0.5, 0.6) is 5.75 Å². The second-order valence-electron chi connectivity index (χ2n) is 4.23. The number of terminal acetylenes is 1. The van der Waals surface area contributed by atoms with E-state index in [9.17, 15) is 0 Å². The third kappa shape index (κ3) is 2.56. The first-order chi connectivity index (χ1) is 7.79. The number of hydrogen-bond donors (Lipinski definition) is 1. The zero-order valence-corrected chi connectivity index (χ0v) is 9.62. The molecule has 1 atom stereocenters. The fraction of sp³-hybridized carbons (Fsp3) is 0.429. The van der Waals surface area contributed by atoms with Gasteiger partial charge in [-0.1, -0.05) is 12.1 Å². The zero-order chi connectivity index (χ0) is 11.4. The van der Waals surface area contributed by atoms with Crippen LogP contribution in [0.2, 0.25) is 0 Å². The van der Waals surface area contributed by atoms with Gasteiger partial charge in [-0.25, -0.2) is 0 Å². The third-order valence-electron chi connectivity index (χ3n) is 2.83. The van der Waals surface area contributed by atoms with Crippen molar-refractivity contribution in [2.24, 2.45) is 0 Å². The van der Waals surface area contributed by atoms with Gasteiger partial charge in [0.05, 0.1) is 6.61 Å². The maximum absolute atomic E-state index is 5.47. The van der Waals surface area contributed by atoms with Crippen LogP contribution < -0.4 is 10.1 Å². The summed E-state index contributed by atoms with van der Waals surface area (Å²) in [4.78, 5) is 0. The van der Waals surface area contributed by atoms with Crippen LogP contribution in [0.1, 0.15) is 24.5 Å². The Balaban J connectivity index is 1.93. The van der Waals surface area contributed by atoms with E-state index >= 15 is 0 Å². The molecule has 1 heterocycles. The molecule has 1 N–H and O–H groups in total. The highest BCUT2D eigenvalue weighted by molar-refractivity contribution is 5.39. The number of ether oxygens (including phenoxy) is 1. The normalized spacial score (nSPS) is 15.0. The molecule has 0 aliphatic carbocycles. The fourth-order valence-electron chi connectivity index (χ4n) is 1.89. The van der Waals surface area contributed by atoms with E-state index in [4.69, 9.17) is 11.2 Å². The summed E-state index contributed by atoms with van der Waals surface area (Å²) in [6, 6.07) is 6.76. The predicted octanol–water partition coefficient (Wildman–Crippen LogP) is 2.12. The van der Waals surface area contributed by atoms with Crippen molar-refractivity contribution >= 4 is 0 Å². The molecular formula is C14H17NO. The van der Waals surface area contributed by atoms with Gasteiger partial charge in [-0.3, -0.25) is 0 Å². The lowest BCUT2D eigenvalue weighted by atomic mass is 10.1. The molecule has 0 saturated heterocycles. The Bertz CT molecular complexity index is 406. The van der Waals surface area contributed by atoms with Crippen LogP contribution in [0.25, 0.3) is 0 Å². The van der Waals surface area contributed by atoms with E-state index in [1.54, 1.807) is 0 Å². The van der Waals surface area contributed by atoms with Gasteiger partial charge in [-0.05, 0) is 24.1 Å². The minimum absolute atomic E-state index is 0.370. The minimum atomic E-state index is 0.370. The summed E-state index contributed by atoms with van der Waals surface area (Å²) < 4.78 is 5.47. The van der Waals surface area contributed by atoms with E-state index in [2.05, 4.69) is 36.4 Å². The molecule has 2 heteroatoms. The molecule has 0 amide bonds. The van der Waals surface area contributed by atoms with Gasteiger partial charge < -0.3 is 10.1 Å². The summed E-state index contributed by atoms with van der Waals surface area (Å²) in [7, 11) is 0. The van der Waals surface area contributed by atoms with Crippen LogP contribution in [0.4, 0.5) is 0 Å². The lowest BCUT2D eigenvalue weighted by Crippen LogP contribution is -2.24. The van der Waals surface area contributed by atoms with Crippen LogP contribution in [-0.4, -0.2) is 12.6 Å². The largest absolute Gasteiger partial charge is 0.493 e. The second kappa shape index (κ2) is 5.05. The highest BCUT2D eigenvalue weighted by atomic mass is 16.5. The van der Waals surface area contributed by atoms with E-state index in [-0.39, 0.29) is 0 Å². The Kier molecular flexibility index (Phi) is 3.48. The van der Waals surface area contributed by atoms with Crippen molar-refractivity contribution in [2.75, 3.05) is 6.61 Å². The average molecular weight is 215 g/mol. The maximum atomic E-state index is 5.47. The molecule has 0 saturated carbocycles. The molecule has 2 nitrogen and oxygen atoms in total. The summed E-state index contributed by atoms with van der Waals surface area (Å²) in [6.45, 7) is 3.80. The van der Waals surface area contributed by atoms with Crippen molar-refractivity contribution in [3.05, 3.63) is 29.3 Å². The van der Waals surface area contributed by atoms with E-state index in [1.807, 2.05) is 0 Å². The van der Waals surface area contributed by atoms with E-state index in [0.29, 0.717) is 6.04 Å². The van der Waals surface area contributed by atoms with E-state index in [0.717, 1.165) is 31.7 Å². The Morgan fingerprint density at radius 1 is 1.56 bits per heavy atom. The number of hydrogen-bond acceptors (Lipinski definition) is 2. The molecule has 16 heavy (non-hydrogen) atoms. The van der Waals surface area contributed by atoms with Crippen molar-refractivity contribution in [3.63, 3.8) is 0 Å². The van der Waals surface area contributed by atoms with Gasteiger partial charge in [0, 0.05) is 25.4 Å². The number of rotatable bonds is 4. The number of benzene rings is 1. The van der Waals surface area contributed by atoms with Gasteiger partial charge in [0.25, 0.3) is 0 Å². The molecule has 0 bridgehead atoms. The van der Waals surface area contributed by atoms with Crippen LogP contribution in [-0.2, 0) is 13.0 Å². The third-order valence-corrected chi connectivity index (χ3v) is 2.83. The first kappa shape index (κ1) is 11.0. The van der Waals surface area contributed by atoms with Crippen LogP contribution >= 0.6 is 0 Å². The molecule has 1 unspecified atom stereocenters. The highest BCUT2D eigenvalue weighted by Crippen LogP contribution is 2.25. The summed E-state index contributed by atoms with van der Waals surface area (Å²) >= 11 is 0. The molecule has 1 aliphatic rings. The molecule has 0 radical (unpaired) electrons. The molecule has 0 spiro atoms. The molecule has 1 aromatic rings. The fourth-order valence-corrected chi connectivity index (χ4v) is 1.89. The summed E-state index contributed by atoms with van der Waals surface area (Å²) in [6.07, 6.45) is 7.07. The quantitative estimate of drug-likeness (QED) is 0.777. The first-order valence-corrected chi connectivity index (χ1v) is 5.71. The van der Waals surface area contributed by atoms with E-state index < -0.39 is 0 Å². The molecule has 1 aromatic carbocycles. The van der Waals surface area contributed by atoms with Crippen LogP contribution in [0, 0.1) is 12.3 Å². The van der Waals surface area contributed by atoms with Gasteiger partial charge in [0.15, 0.2) is 0 Å². The lowest BCUT2D eigenvalue weighted by Gasteiger charge is -2.11. The lowest BCUT2D eigenvalue weighted by molar-refractivity contribution is 0.357. The number of fused-ring (bicyclic) bond motifs is 1. The zero-order valence-electron chi connectivity index (χ0n) is 9.62. The SMILES string of the molecule is C#CCC(C)NCc1ccc2c(c1)CCO2. The van der Waals surface area contributed by atoms with E-state index in [1.165, 1.54) is 11.1 Å². The molecule has 0 fully saturated rings. The molecule has 1 aliphatic heterocycles.